The summed E-state index contributed by atoms with van der Waals surface area (Å²) in [6.45, 7) is 1.91. The van der Waals surface area contributed by atoms with Crippen LogP contribution < -0.4 is 0 Å². The van der Waals surface area contributed by atoms with E-state index in [-0.39, 0.29) is 11.5 Å². The van der Waals surface area contributed by atoms with E-state index in [1.165, 1.54) is 0 Å². The third kappa shape index (κ3) is 2.60. The summed E-state index contributed by atoms with van der Waals surface area (Å²) in [5.74, 6) is 1.93. The van der Waals surface area contributed by atoms with Crippen molar-refractivity contribution in [2.24, 2.45) is 11.3 Å². The van der Waals surface area contributed by atoms with Gasteiger partial charge in [0.1, 0.15) is 0 Å². The standard InChI is InChI=1S/C15H24O4S/c16-13(17)15(2-7-18-8-3-15)12-1-6-19-14(11-12)4-9-20-10-5-14/h12H,1-11H2,(H,16,17). The van der Waals surface area contributed by atoms with Crippen LogP contribution in [0, 0.1) is 11.3 Å². The minimum atomic E-state index is -0.618. The SMILES string of the molecule is O=C(O)C1(C2CCOC3(CCSCC3)C2)CCOCC1. The van der Waals surface area contributed by atoms with Crippen LogP contribution in [0.15, 0.2) is 0 Å². The molecule has 3 saturated heterocycles. The summed E-state index contributed by atoms with van der Waals surface area (Å²) in [6.07, 6.45) is 5.32. The molecule has 0 aromatic heterocycles. The minimum absolute atomic E-state index is 0.0328. The first-order valence-corrected chi connectivity index (χ1v) is 8.85. The van der Waals surface area contributed by atoms with E-state index in [2.05, 4.69) is 0 Å². The van der Waals surface area contributed by atoms with Crippen LogP contribution in [-0.4, -0.2) is 48.0 Å². The van der Waals surface area contributed by atoms with E-state index >= 15 is 0 Å². The highest BCUT2D eigenvalue weighted by atomic mass is 32.2. The van der Waals surface area contributed by atoms with Gasteiger partial charge >= 0.3 is 5.97 Å². The summed E-state index contributed by atoms with van der Waals surface area (Å²) in [6, 6.07) is 0. The summed E-state index contributed by atoms with van der Waals surface area (Å²) in [5, 5.41) is 9.83. The van der Waals surface area contributed by atoms with Crippen LogP contribution >= 0.6 is 11.8 Å². The Balaban J connectivity index is 1.78. The second kappa shape index (κ2) is 5.85. The Bertz CT molecular complexity index is 353. The lowest BCUT2D eigenvalue weighted by Crippen LogP contribution is -2.51. The largest absolute Gasteiger partial charge is 0.481 e. The highest BCUT2D eigenvalue weighted by Crippen LogP contribution is 2.49. The Hall–Kier alpha value is -0.260. The van der Waals surface area contributed by atoms with Gasteiger partial charge in [0, 0.05) is 19.8 Å². The molecule has 3 aliphatic rings. The zero-order valence-electron chi connectivity index (χ0n) is 11.9. The molecular formula is C15H24O4S. The maximum absolute atomic E-state index is 11.9. The minimum Gasteiger partial charge on any atom is -0.481 e. The molecule has 3 fully saturated rings. The number of aliphatic carboxylic acids is 1. The number of carbonyl (C=O) groups is 1. The number of thioether (sulfide) groups is 1. The summed E-state index contributed by atoms with van der Waals surface area (Å²) < 4.78 is 11.5. The van der Waals surface area contributed by atoms with E-state index in [9.17, 15) is 9.90 Å². The summed E-state index contributed by atoms with van der Waals surface area (Å²) >= 11 is 1.99. The van der Waals surface area contributed by atoms with Crippen molar-refractivity contribution in [2.45, 2.75) is 44.1 Å². The molecule has 5 heteroatoms. The van der Waals surface area contributed by atoms with Crippen LogP contribution in [0.4, 0.5) is 0 Å². The zero-order chi connectivity index (χ0) is 14.1. The van der Waals surface area contributed by atoms with Gasteiger partial charge < -0.3 is 14.6 Å². The number of rotatable bonds is 2. The Labute approximate surface area is 124 Å². The molecule has 1 spiro atoms. The quantitative estimate of drug-likeness (QED) is 0.849. The highest BCUT2D eigenvalue weighted by Gasteiger charge is 2.51. The molecule has 1 atom stereocenters. The van der Waals surface area contributed by atoms with E-state index in [1.807, 2.05) is 11.8 Å². The average molecular weight is 300 g/mol. The van der Waals surface area contributed by atoms with Crippen molar-refractivity contribution >= 4 is 17.7 Å². The Morgan fingerprint density at radius 2 is 1.80 bits per heavy atom. The van der Waals surface area contributed by atoms with Crippen molar-refractivity contribution in [1.29, 1.82) is 0 Å². The first-order valence-electron chi connectivity index (χ1n) is 7.70. The highest BCUT2D eigenvalue weighted by molar-refractivity contribution is 7.99. The van der Waals surface area contributed by atoms with Crippen LogP contribution in [0.25, 0.3) is 0 Å². The lowest BCUT2D eigenvalue weighted by Gasteiger charge is -2.49. The third-order valence-electron chi connectivity index (χ3n) is 5.49. The van der Waals surface area contributed by atoms with Crippen molar-refractivity contribution in [3.05, 3.63) is 0 Å². The second-order valence-corrected chi connectivity index (χ2v) is 7.63. The molecule has 3 rings (SSSR count). The van der Waals surface area contributed by atoms with Crippen molar-refractivity contribution < 1.29 is 19.4 Å². The molecule has 20 heavy (non-hydrogen) atoms. The molecule has 4 nitrogen and oxygen atoms in total. The van der Waals surface area contributed by atoms with Crippen LogP contribution in [0.2, 0.25) is 0 Å². The molecule has 0 radical (unpaired) electrons. The van der Waals surface area contributed by atoms with Crippen LogP contribution in [0.3, 0.4) is 0 Å². The van der Waals surface area contributed by atoms with Gasteiger partial charge in [-0.2, -0.15) is 11.8 Å². The third-order valence-corrected chi connectivity index (χ3v) is 6.48. The average Bonchev–Trinajstić information content (AvgIpc) is 2.48. The lowest BCUT2D eigenvalue weighted by atomic mass is 9.63. The molecule has 3 aliphatic heterocycles. The maximum Gasteiger partial charge on any atom is 0.310 e. The van der Waals surface area contributed by atoms with Gasteiger partial charge in [0.15, 0.2) is 0 Å². The summed E-state index contributed by atoms with van der Waals surface area (Å²) in [4.78, 5) is 11.9. The molecule has 1 unspecified atom stereocenters. The van der Waals surface area contributed by atoms with E-state index in [1.54, 1.807) is 0 Å². The first kappa shape index (κ1) is 14.7. The maximum atomic E-state index is 11.9. The van der Waals surface area contributed by atoms with Crippen molar-refractivity contribution in [3.63, 3.8) is 0 Å². The molecule has 114 valence electrons. The van der Waals surface area contributed by atoms with Crippen molar-refractivity contribution in [2.75, 3.05) is 31.3 Å². The number of ether oxygens (including phenoxy) is 2. The predicted octanol–water partition coefficient (Wildman–Crippen LogP) is 2.56. The molecule has 0 bridgehead atoms. The van der Waals surface area contributed by atoms with Gasteiger partial charge in [-0.1, -0.05) is 0 Å². The Morgan fingerprint density at radius 1 is 1.10 bits per heavy atom. The topological polar surface area (TPSA) is 55.8 Å². The number of carboxylic acid groups (broad SMARTS) is 1. The molecule has 3 heterocycles. The van der Waals surface area contributed by atoms with E-state index in [0.717, 1.165) is 43.8 Å². The van der Waals surface area contributed by atoms with Gasteiger partial charge in [0.2, 0.25) is 0 Å². The van der Waals surface area contributed by atoms with E-state index in [4.69, 9.17) is 9.47 Å². The fraction of sp³-hybridized carbons (Fsp3) is 0.933. The van der Waals surface area contributed by atoms with Gasteiger partial charge in [0.05, 0.1) is 11.0 Å². The number of hydrogen-bond donors (Lipinski definition) is 1. The van der Waals surface area contributed by atoms with Crippen LogP contribution in [0.5, 0.6) is 0 Å². The molecule has 0 amide bonds. The van der Waals surface area contributed by atoms with E-state index < -0.39 is 11.4 Å². The van der Waals surface area contributed by atoms with Gasteiger partial charge in [-0.15, -0.1) is 0 Å². The smallest absolute Gasteiger partial charge is 0.310 e. The van der Waals surface area contributed by atoms with Gasteiger partial charge in [-0.25, -0.2) is 0 Å². The molecule has 0 aromatic rings. The second-order valence-electron chi connectivity index (χ2n) is 6.41. The van der Waals surface area contributed by atoms with Gasteiger partial charge in [-0.05, 0) is 55.9 Å². The molecule has 0 saturated carbocycles. The predicted molar refractivity (Wildman–Crippen MR) is 78.1 cm³/mol. The van der Waals surface area contributed by atoms with Gasteiger partial charge in [0.25, 0.3) is 0 Å². The van der Waals surface area contributed by atoms with Crippen LogP contribution in [-0.2, 0) is 14.3 Å². The van der Waals surface area contributed by atoms with E-state index in [0.29, 0.717) is 26.1 Å². The fourth-order valence-electron chi connectivity index (χ4n) is 4.12. The van der Waals surface area contributed by atoms with Crippen molar-refractivity contribution in [3.8, 4) is 0 Å². The monoisotopic (exact) mass is 300 g/mol. The number of hydrogen-bond acceptors (Lipinski definition) is 4. The molecular weight excluding hydrogens is 276 g/mol. The normalized spacial score (nSPS) is 32.9. The molecule has 0 aliphatic carbocycles. The summed E-state index contributed by atoms with van der Waals surface area (Å²) in [7, 11) is 0. The molecule has 0 aromatic carbocycles. The zero-order valence-corrected chi connectivity index (χ0v) is 12.8. The summed E-state index contributed by atoms with van der Waals surface area (Å²) in [5.41, 5.74) is -0.603. The Kier molecular flexibility index (Phi) is 4.29. The molecule has 1 N–H and O–H groups in total. The fourth-order valence-corrected chi connectivity index (χ4v) is 5.36. The van der Waals surface area contributed by atoms with Gasteiger partial charge in [-0.3, -0.25) is 4.79 Å². The van der Waals surface area contributed by atoms with Crippen molar-refractivity contribution in [1.82, 2.24) is 0 Å². The first-order chi connectivity index (χ1) is 9.67. The van der Waals surface area contributed by atoms with Crippen LogP contribution in [0.1, 0.15) is 38.5 Å². The Morgan fingerprint density at radius 3 is 2.45 bits per heavy atom. The number of carboxylic acids is 1. The lowest BCUT2D eigenvalue weighted by molar-refractivity contribution is -0.174.